The summed E-state index contributed by atoms with van der Waals surface area (Å²) < 4.78 is 12.7. The molecule has 0 unspecified atom stereocenters. The van der Waals surface area contributed by atoms with Crippen molar-refractivity contribution in [3.8, 4) is 5.75 Å². The number of hydrogen-bond donors (Lipinski definition) is 1. The first kappa shape index (κ1) is 7.10. The molecule has 12 heavy (non-hydrogen) atoms. The minimum atomic E-state index is -0.284. The lowest BCUT2D eigenvalue weighted by molar-refractivity contribution is 0.481. The Morgan fingerprint density at radius 2 is 1.92 bits per heavy atom. The topological polar surface area (TPSA) is 20.2 Å². The predicted molar refractivity (Wildman–Crippen MR) is 45.6 cm³/mol. The average molecular weight is 162 g/mol. The van der Waals surface area contributed by atoms with Gasteiger partial charge in [-0.2, -0.15) is 0 Å². The Morgan fingerprint density at radius 1 is 1.08 bits per heavy atom. The van der Waals surface area contributed by atoms with Crippen molar-refractivity contribution in [2.24, 2.45) is 0 Å². The van der Waals surface area contributed by atoms with Crippen molar-refractivity contribution in [2.75, 3.05) is 0 Å². The van der Waals surface area contributed by atoms with Gasteiger partial charge in [0.25, 0.3) is 0 Å². The molecule has 2 aromatic rings. The van der Waals surface area contributed by atoms with Crippen LogP contribution in [-0.4, -0.2) is 5.11 Å². The van der Waals surface area contributed by atoms with Crippen LogP contribution in [0, 0.1) is 5.82 Å². The second kappa shape index (κ2) is 2.48. The molecular weight excluding hydrogens is 155 g/mol. The highest BCUT2D eigenvalue weighted by Gasteiger charge is 1.98. The Balaban J connectivity index is 2.86. The zero-order valence-corrected chi connectivity index (χ0v) is 6.29. The molecule has 0 aliphatic heterocycles. The third-order valence-electron chi connectivity index (χ3n) is 1.82. The molecule has 2 heteroatoms. The van der Waals surface area contributed by atoms with Gasteiger partial charge in [-0.05, 0) is 29.7 Å². The molecule has 0 heterocycles. The maximum atomic E-state index is 12.7. The van der Waals surface area contributed by atoms with Crippen LogP contribution in [0.2, 0.25) is 0 Å². The van der Waals surface area contributed by atoms with E-state index in [-0.39, 0.29) is 11.6 Å². The molecule has 0 amide bonds. The molecule has 1 nitrogen and oxygen atoms in total. The van der Waals surface area contributed by atoms with Crippen molar-refractivity contribution in [3.05, 3.63) is 42.2 Å². The van der Waals surface area contributed by atoms with E-state index in [2.05, 4.69) is 0 Å². The van der Waals surface area contributed by atoms with E-state index in [0.717, 1.165) is 5.39 Å². The van der Waals surface area contributed by atoms with Crippen LogP contribution in [-0.2, 0) is 0 Å². The largest absolute Gasteiger partial charge is 0.507 e. The molecule has 2 rings (SSSR count). The van der Waals surface area contributed by atoms with E-state index in [1.807, 2.05) is 0 Å². The normalized spacial score (nSPS) is 10.4. The molecule has 1 N–H and O–H groups in total. The lowest BCUT2D eigenvalue weighted by Gasteiger charge is -1.99. The third kappa shape index (κ3) is 1.01. The van der Waals surface area contributed by atoms with Crippen LogP contribution < -0.4 is 0 Å². The smallest absolute Gasteiger partial charge is 0.123 e. The summed E-state index contributed by atoms with van der Waals surface area (Å²) in [7, 11) is 0. The third-order valence-corrected chi connectivity index (χ3v) is 1.82. The molecule has 0 radical (unpaired) electrons. The second-order valence-electron chi connectivity index (χ2n) is 2.64. The van der Waals surface area contributed by atoms with Crippen molar-refractivity contribution in [1.82, 2.24) is 0 Å². The molecule has 0 aromatic heterocycles. The minimum absolute atomic E-state index is 0.188. The molecule has 0 bridgehead atoms. The van der Waals surface area contributed by atoms with Gasteiger partial charge < -0.3 is 5.11 Å². The molecule has 0 aliphatic rings. The van der Waals surface area contributed by atoms with Crippen LogP contribution in [0.3, 0.4) is 0 Å². The van der Waals surface area contributed by atoms with Gasteiger partial charge in [0.2, 0.25) is 0 Å². The lowest BCUT2D eigenvalue weighted by Crippen LogP contribution is -1.76. The van der Waals surface area contributed by atoms with Gasteiger partial charge in [0, 0.05) is 5.39 Å². The lowest BCUT2D eigenvalue weighted by atomic mass is 10.1. The number of hydrogen-bond acceptors (Lipinski definition) is 1. The first-order chi connectivity index (χ1) is 5.77. The highest BCUT2D eigenvalue weighted by atomic mass is 19.1. The SMILES string of the molecule is Oc1cccc2cc(F)ccc12. The Kier molecular flexibility index (Phi) is 1.47. The van der Waals surface area contributed by atoms with Crippen LogP contribution in [0.1, 0.15) is 0 Å². The maximum absolute atomic E-state index is 12.7. The van der Waals surface area contributed by atoms with E-state index >= 15 is 0 Å². The molecular formula is C10H7FO. The summed E-state index contributed by atoms with van der Waals surface area (Å²) in [6, 6.07) is 9.34. The van der Waals surface area contributed by atoms with Gasteiger partial charge in [-0.1, -0.05) is 12.1 Å². The van der Waals surface area contributed by atoms with Gasteiger partial charge in [-0.15, -0.1) is 0 Å². The molecule has 0 aliphatic carbocycles. The molecule has 2 aromatic carbocycles. The zero-order chi connectivity index (χ0) is 8.55. The van der Waals surface area contributed by atoms with Crippen LogP contribution in [0.4, 0.5) is 4.39 Å². The Bertz CT molecular complexity index is 423. The van der Waals surface area contributed by atoms with Crippen LogP contribution >= 0.6 is 0 Å². The van der Waals surface area contributed by atoms with Gasteiger partial charge in [0.15, 0.2) is 0 Å². The summed E-state index contributed by atoms with van der Waals surface area (Å²) in [5.41, 5.74) is 0. The van der Waals surface area contributed by atoms with Gasteiger partial charge in [0.05, 0.1) is 0 Å². The zero-order valence-electron chi connectivity index (χ0n) is 6.29. The van der Waals surface area contributed by atoms with Crippen molar-refractivity contribution < 1.29 is 9.50 Å². The quantitative estimate of drug-likeness (QED) is 0.631. The standard InChI is InChI=1S/C10H7FO/c11-8-4-5-9-7(6-8)2-1-3-10(9)12/h1-6,12H. The van der Waals surface area contributed by atoms with E-state index in [0.29, 0.717) is 5.39 Å². The van der Waals surface area contributed by atoms with Gasteiger partial charge in [-0.3, -0.25) is 0 Å². The first-order valence-electron chi connectivity index (χ1n) is 3.64. The molecule has 0 saturated heterocycles. The number of rotatable bonds is 0. The van der Waals surface area contributed by atoms with E-state index in [9.17, 15) is 9.50 Å². The summed E-state index contributed by atoms with van der Waals surface area (Å²) in [5.74, 6) is -0.0967. The molecule has 0 spiro atoms. The van der Waals surface area contributed by atoms with E-state index < -0.39 is 0 Å². The van der Waals surface area contributed by atoms with Crippen LogP contribution in [0.15, 0.2) is 36.4 Å². The molecule has 60 valence electrons. The Labute approximate surface area is 69.1 Å². The summed E-state index contributed by atoms with van der Waals surface area (Å²) in [6.07, 6.45) is 0. The highest BCUT2D eigenvalue weighted by molar-refractivity contribution is 5.87. The van der Waals surface area contributed by atoms with E-state index in [1.165, 1.54) is 12.1 Å². The second-order valence-corrected chi connectivity index (χ2v) is 2.64. The van der Waals surface area contributed by atoms with Crippen LogP contribution in [0.5, 0.6) is 5.75 Å². The Morgan fingerprint density at radius 3 is 2.75 bits per heavy atom. The molecule has 0 fully saturated rings. The Hall–Kier alpha value is -1.57. The average Bonchev–Trinajstić information content (AvgIpc) is 2.04. The minimum Gasteiger partial charge on any atom is -0.507 e. The number of aromatic hydroxyl groups is 1. The highest BCUT2D eigenvalue weighted by Crippen LogP contribution is 2.24. The summed E-state index contributed by atoms with van der Waals surface area (Å²) in [6.45, 7) is 0. The predicted octanol–water partition coefficient (Wildman–Crippen LogP) is 2.68. The summed E-state index contributed by atoms with van der Waals surface area (Å²) >= 11 is 0. The van der Waals surface area contributed by atoms with Gasteiger partial charge in [0.1, 0.15) is 11.6 Å². The number of phenolic OH excluding ortho intramolecular Hbond substituents is 1. The van der Waals surface area contributed by atoms with Crippen molar-refractivity contribution in [2.45, 2.75) is 0 Å². The fourth-order valence-corrected chi connectivity index (χ4v) is 1.24. The fourth-order valence-electron chi connectivity index (χ4n) is 1.24. The first-order valence-corrected chi connectivity index (χ1v) is 3.64. The summed E-state index contributed by atoms with van der Waals surface area (Å²) in [5, 5.41) is 10.7. The van der Waals surface area contributed by atoms with Gasteiger partial charge >= 0.3 is 0 Å². The van der Waals surface area contributed by atoms with Crippen molar-refractivity contribution >= 4 is 10.8 Å². The molecule has 0 saturated carbocycles. The maximum Gasteiger partial charge on any atom is 0.123 e. The monoisotopic (exact) mass is 162 g/mol. The van der Waals surface area contributed by atoms with Crippen molar-refractivity contribution in [1.29, 1.82) is 0 Å². The van der Waals surface area contributed by atoms with E-state index in [4.69, 9.17) is 0 Å². The number of phenols is 1. The summed E-state index contributed by atoms with van der Waals surface area (Å²) in [4.78, 5) is 0. The number of fused-ring (bicyclic) bond motifs is 1. The van der Waals surface area contributed by atoms with Crippen molar-refractivity contribution in [3.63, 3.8) is 0 Å². The number of benzene rings is 2. The number of halogens is 1. The fraction of sp³-hybridized carbons (Fsp3) is 0. The van der Waals surface area contributed by atoms with E-state index in [1.54, 1.807) is 24.3 Å². The molecule has 0 atom stereocenters. The van der Waals surface area contributed by atoms with Gasteiger partial charge in [-0.25, -0.2) is 4.39 Å². The van der Waals surface area contributed by atoms with Crippen LogP contribution in [0.25, 0.3) is 10.8 Å².